The molecule has 1 saturated heterocycles. The molecular weight excluding hydrogens is 420 g/mol. The summed E-state index contributed by atoms with van der Waals surface area (Å²) in [5.41, 5.74) is -6.27. The highest BCUT2D eigenvalue weighted by atomic mass is 16.6. The average Bonchev–Trinajstić information content (AvgIpc) is 2.73. The lowest BCUT2D eigenvalue weighted by molar-refractivity contribution is -0.208. The largest absolute Gasteiger partial charge is 0.463 e. The molecule has 0 bridgehead atoms. The van der Waals surface area contributed by atoms with Crippen molar-refractivity contribution in [1.82, 2.24) is 0 Å². The lowest BCUT2D eigenvalue weighted by Gasteiger charge is -2.39. The molecule has 1 fully saturated rings. The molecule has 0 saturated carbocycles. The molecule has 2 N–H and O–H groups in total. The van der Waals surface area contributed by atoms with Crippen LogP contribution in [-0.4, -0.2) is 90.7 Å². The fraction of sp³-hybridized carbons (Fsp3) is 0.737. The summed E-state index contributed by atoms with van der Waals surface area (Å²) in [6.45, 7) is 3.40. The zero-order valence-electron chi connectivity index (χ0n) is 17.9. The van der Waals surface area contributed by atoms with Crippen molar-refractivity contribution in [2.45, 2.75) is 38.9 Å². The number of rotatable bonds is 10. The van der Waals surface area contributed by atoms with Crippen LogP contribution >= 0.6 is 0 Å². The Morgan fingerprint density at radius 1 is 0.742 bits per heavy atom. The standard InChI is InChI=1S/C19H28O12/c1-5-28-14(21)18(25,15(22)29-6-2)11-9-27-10-12(13(11)20)19(26,16(23)30-7-3)17(24)31-8-4/h11-12,25-26H,5-10H2,1-4H3/t11-,12+. The van der Waals surface area contributed by atoms with Gasteiger partial charge in [0.1, 0.15) is 0 Å². The average molecular weight is 448 g/mol. The van der Waals surface area contributed by atoms with E-state index in [1.54, 1.807) is 0 Å². The van der Waals surface area contributed by atoms with Gasteiger partial charge >= 0.3 is 23.9 Å². The molecule has 1 rings (SSSR count). The predicted molar refractivity (Wildman–Crippen MR) is 99.2 cm³/mol. The highest BCUT2D eigenvalue weighted by Gasteiger charge is 2.65. The van der Waals surface area contributed by atoms with Crippen LogP contribution in [0.25, 0.3) is 0 Å². The summed E-state index contributed by atoms with van der Waals surface area (Å²) in [6, 6.07) is 0. The molecule has 1 aliphatic rings. The van der Waals surface area contributed by atoms with E-state index in [0.29, 0.717) is 0 Å². The fourth-order valence-corrected chi connectivity index (χ4v) is 3.06. The minimum Gasteiger partial charge on any atom is -0.463 e. The molecule has 12 nitrogen and oxygen atoms in total. The van der Waals surface area contributed by atoms with Gasteiger partial charge in [0, 0.05) is 0 Å². The van der Waals surface area contributed by atoms with Gasteiger partial charge in [0.2, 0.25) is 0 Å². The van der Waals surface area contributed by atoms with Gasteiger partial charge in [-0.15, -0.1) is 0 Å². The second kappa shape index (κ2) is 11.2. The lowest BCUT2D eigenvalue weighted by Crippen LogP contribution is -2.66. The Bertz CT molecular complexity index is 608. The first-order valence-electron chi connectivity index (χ1n) is 9.82. The summed E-state index contributed by atoms with van der Waals surface area (Å²) >= 11 is 0. The zero-order chi connectivity index (χ0) is 23.8. The van der Waals surface area contributed by atoms with Crippen LogP contribution in [0.3, 0.4) is 0 Å². The monoisotopic (exact) mass is 448 g/mol. The third-order valence-electron chi connectivity index (χ3n) is 4.61. The Kier molecular flexibility index (Phi) is 9.53. The van der Waals surface area contributed by atoms with Crippen molar-refractivity contribution in [2.75, 3.05) is 39.6 Å². The summed E-state index contributed by atoms with van der Waals surface area (Å²) in [7, 11) is 0. The first kappa shape index (κ1) is 26.5. The molecule has 0 aliphatic carbocycles. The summed E-state index contributed by atoms with van der Waals surface area (Å²) in [5, 5.41) is 21.8. The lowest BCUT2D eigenvalue weighted by atomic mass is 9.72. The summed E-state index contributed by atoms with van der Waals surface area (Å²) < 4.78 is 24.1. The van der Waals surface area contributed by atoms with Crippen LogP contribution in [-0.2, 0) is 47.7 Å². The van der Waals surface area contributed by atoms with E-state index in [4.69, 9.17) is 23.7 Å². The molecule has 0 aromatic rings. The Balaban J connectivity index is 3.48. The topological polar surface area (TPSA) is 172 Å². The predicted octanol–water partition coefficient (Wildman–Crippen LogP) is -1.47. The summed E-state index contributed by atoms with van der Waals surface area (Å²) in [6.07, 6.45) is 0. The number of hydrogen-bond acceptors (Lipinski definition) is 12. The van der Waals surface area contributed by atoms with E-state index in [1.165, 1.54) is 27.7 Å². The van der Waals surface area contributed by atoms with Gasteiger partial charge in [0.15, 0.2) is 5.78 Å². The maximum absolute atomic E-state index is 13.2. The molecule has 0 unspecified atom stereocenters. The van der Waals surface area contributed by atoms with Crippen molar-refractivity contribution >= 4 is 29.7 Å². The highest BCUT2D eigenvalue weighted by Crippen LogP contribution is 2.35. The van der Waals surface area contributed by atoms with Gasteiger partial charge < -0.3 is 33.9 Å². The number of esters is 4. The molecule has 176 valence electrons. The van der Waals surface area contributed by atoms with Crippen LogP contribution < -0.4 is 0 Å². The number of ether oxygens (including phenoxy) is 5. The SMILES string of the molecule is CCOC(=O)C(O)(C(=O)OCC)[C@@H]1COC[C@H](C(O)(C(=O)OCC)C(=O)OCC)C1=O. The van der Waals surface area contributed by atoms with Crippen LogP contribution in [0, 0.1) is 11.8 Å². The van der Waals surface area contributed by atoms with Crippen LogP contribution in [0.4, 0.5) is 0 Å². The van der Waals surface area contributed by atoms with E-state index in [1.807, 2.05) is 0 Å². The molecule has 0 aromatic heterocycles. The normalized spacial score (nSPS) is 19.4. The van der Waals surface area contributed by atoms with Crippen molar-refractivity contribution < 1.29 is 57.9 Å². The van der Waals surface area contributed by atoms with Crippen molar-refractivity contribution in [3.8, 4) is 0 Å². The van der Waals surface area contributed by atoms with E-state index < -0.39 is 65.9 Å². The highest BCUT2D eigenvalue weighted by molar-refractivity contribution is 6.12. The molecule has 0 aromatic carbocycles. The molecule has 1 heterocycles. The van der Waals surface area contributed by atoms with Gasteiger partial charge in [-0.2, -0.15) is 0 Å². The maximum Gasteiger partial charge on any atom is 0.350 e. The molecule has 2 atom stereocenters. The van der Waals surface area contributed by atoms with Crippen LogP contribution in [0.15, 0.2) is 0 Å². The Hall–Kier alpha value is -2.57. The van der Waals surface area contributed by atoms with Gasteiger partial charge in [-0.1, -0.05) is 0 Å². The number of carbonyl (C=O) groups is 5. The molecule has 1 aliphatic heterocycles. The van der Waals surface area contributed by atoms with Crippen molar-refractivity contribution in [1.29, 1.82) is 0 Å². The van der Waals surface area contributed by atoms with Crippen molar-refractivity contribution in [2.24, 2.45) is 11.8 Å². The number of Topliss-reactive ketones (excluding diaryl/α,β-unsaturated/α-hetero) is 1. The van der Waals surface area contributed by atoms with E-state index in [2.05, 4.69) is 0 Å². The third kappa shape index (κ3) is 5.02. The minimum atomic E-state index is -3.13. The maximum atomic E-state index is 13.2. The number of carbonyl (C=O) groups excluding carboxylic acids is 5. The molecular formula is C19H28O12. The van der Waals surface area contributed by atoms with Gasteiger partial charge in [0.05, 0.1) is 51.5 Å². The Labute approximate surface area is 178 Å². The number of hydrogen-bond donors (Lipinski definition) is 2. The van der Waals surface area contributed by atoms with Gasteiger partial charge in [-0.05, 0) is 27.7 Å². The van der Waals surface area contributed by atoms with Crippen molar-refractivity contribution in [3.63, 3.8) is 0 Å². The van der Waals surface area contributed by atoms with Crippen LogP contribution in [0.5, 0.6) is 0 Å². The molecule has 31 heavy (non-hydrogen) atoms. The first-order chi connectivity index (χ1) is 14.6. The van der Waals surface area contributed by atoms with Crippen LogP contribution in [0.2, 0.25) is 0 Å². The van der Waals surface area contributed by atoms with Gasteiger partial charge in [-0.25, -0.2) is 19.2 Å². The quantitative estimate of drug-likeness (QED) is 0.226. The molecule has 12 heteroatoms. The van der Waals surface area contributed by atoms with E-state index in [9.17, 15) is 34.2 Å². The second-order valence-electron chi connectivity index (χ2n) is 6.46. The summed E-state index contributed by atoms with van der Waals surface area (Å²) in [5.74, 6) is -11.0. The third-order valence-corrected chi connectivity index (χ3v) is 4.61. The smallest absolute Gasteiger partial charge is 0.350 e. The number of aliphatic hydroxyl groups is 2. The van der Waals surface area contributed by atoms with Gasteiger partial charge in [-0.3, -0.25) is 4.79 Å². The fourth-order valence-electron chi connectivity index (χ4n) is 3.06. The van der Waals surface area contributed by atoms with E-state index >= 15 is 0 Å². The molecule has 0 amide bonds. The Morgan fingerprint density at radius 3 is 1.23 bits per heavy atom. The van der Waals surface area contributed by atoms with Crippen molar-refractivity contribution in [3.05, 3.63) is 0 Å². The first-order valence-corrected chi connectivity index (χ1v) is 9.82. The summed E-state index contributed by atoms with van der Waals surface area (Å²) in [4.78, 5) is 62.9. The van der Waals surface area contributed by atoms with Gasteiger partial charge in [0.25, 0.3) is 11.2 Å². The Morgan fingerprint density at radius 2 is 1.00 bits per heavy atom. The van der Waals surface area contributed by atoms with E-state index in [0.717, 1.165) is 0 Å². The second-order valence-corrected chi connectivity index (χ2v) is 6.46. The minimum absolute atomic E-state index is 0.235. The molecule has 0 radical (unpaired) electrons. The van der Waals surface area contributed by atoms with E-state index in [-0.39, 0.29) is 26.4 Å². The van der Waals surface area contributed by atoms with Crippen LogP contribution in [0.1, 0.15) is 27.7 Å². The zero-order valence-corrected chi connectivity index (χ0v) is 17.9. The number of ketones is 1. The molecule has 0 spiro atoms.